The van der Waals surface area contributed by atoms with Crippen LogP contribution in [-0.2, 0) is 26.1 Å². The molecule has 0 fully saturated rings. The second-order valence-corrected chi connectivity index (χ2v) is 13.2. The normalized spacial score (nSPS) is 12.3. The van der Waals surface area contributed by atoms with Crippen molar-refractivity contribution in [1.82, 2.24) is 5.32 Å². The van der Waals surface area contributed by atoms with Crippen LogP contribution in [0.2, 0.25) is 0 Å². The summed E-state index contributed by atoms with van der Waals surface area (Å²) in [7, 11) is -3.77. The average Bonchev–Trinajstić information content (AvgIpc) is 2.95. The minimum absolute atomic E-state index is 0.0538. The van der Waals surface area contributed by atoms with Crippen molar-refractivity contribution in [1.29, 1.82) is 0 Å². The Bertz CT molecular complexity index is 1190. The summed E-state index contributed by atoms with van der Waals surface area (Å²) < 4.78 is 26.6. The number of rotatable bonds is 16. The number of unbranched alkanes of at least 4 members (excludes halogenated alkanes) is 1. The second-order valence-electron chi connectivity index (χ2n) is 9.18. The van der Waals surface area contributed by atoms with Crippen molar-refractivity contribution in [2.24, 2.45) is 5.92 Å². The molecule has 3 aromatic rings. The van der Waals surface area contributed by atoms with Gasteiger partial charge in [-0.25, -0.2) is 8.42 Å². The third-order valence-corrected chi connectivity index (χ3v) is 10.4. The highest BCUT2D eigenvalue weighted by atomic mass is 32.2. The maximum atomic E-state index is 13.6. The maximum Gasteiger partial charge on any atom is 0.225 e. The first-order valence-corrected chi connectivity index (χ1v) is 16.7. The zero-order chi connectivity index (χ0) is 27.2. The Morgan fingerprint density at radius 1 is 0.816 bits per heavy atom. The number of nitrogens with one attached hydrogen (secondary N) is 1. The van der Waals surface area contributed by atoms with Gasteiger partial charge in [-0.3, -0.25) is 4.79 Å². The lowest BCUT2D eigenvalue weighted by Crippen LogP contribution is -2.42. The summed E-state index contributed by atoms with van der Waals surface area (Å²) in [4.78, 5) is 13.9. The molecular weight excluding hydrogens is 531 g/mol. The van der Waals surface area contributed by atoms with Crippen molar-refractivity contribution in [2.45, 2.75) is 48.6 Å². The molecule has 0 radical (unpaired) electrons. The van der Waals surface area contributed by atoms with Gasteiger partial charge in [-0.05, 0) is 29.7 Å². The van der Waals surface area contributed by atoms with Crippen LogP contribution < -0.4 is 5.32 Å². The van der Waals surface area contributed by atoms with Gasteiger partial charge in [0.05, 0.1) is 21.8 Å². The maximum absolute atomic E-state index is 13.6. The van der Waals surface area contributed by atoms with Gasteiger partial charge in [0.2, 0.25) is 15.7 Å². The molecule has 3 aromatic carbocycles. The standard InChI is InChI=1S/C31H37NO3S3/c1-3-4-20-30(25(2)38(34,35)29-18-12-7-13-19-29)32-31(33)28(23-36-21-26-14-8-5-9-15-26)24-37-22-27-16-10-6-11-17-27/h5-19,28,30H,2-4,20-24H2,1H3,(H,32,33)/t30-/m0/s1. The molecule has 1 N–H and O–H groups in total. The van der Waals surface area contributed by atoms with Crippen molar-refractivity contribution in [3.63, 3.8) is 0 Å². The Labute approximate surface area is 236 Å². The van der Waals surface area contributed by atoms with E-state index in [1.165, 1.54) is 11.1 Å². The van der Waals surface area contributed by atoms with E-state index in [1.54, 1.807) is 53.9 Å². The quantitative estimate of drug-likeness (QED) is 0.199. The predicted octanol–water partition coefficient (Wildman–Crippen LogP) is 7.13. The van der Waals surface area contributed by atoms with Crippen LogP contribution in [0.3, 0.4) is 0 Å². The van der Waals surface area contributed by atoms with Gasteiger partial charge in [-0.1, -0.05) is 105 Å². The summed E-state index contributed by atoms with van der Waals surface area (Å²) in [6, 6.07) is 28.1. The topological polar surface area (TPSA) is 63.2 Å². The van der Waals surface area contributed by atoms with Crippen LogP contribution in [0.25, 0.3) is 0 Å². The molecule has 202 valence electrons. The van der Waals surface area contributed by atoms with E-state index in [1.807, 2.05) is 36.4 Å². The van der Waals surface area contributed by atoms with Crippen LogP contribution in [0, 0.1) is 5.92 Å². The third kappa shape index (κ3) is 9.37. The molecule has 1 amide bonds. The van der Waals surface area contributed by atoms with Crippen LogP contribution in [0.5, 0.6) is 0 Å². The molecule has 7 heteroatoms. The van der Waals surface area contributed by atoms with Gasteiger partial charge < -0.3 is 5.32 Å². The lowest BCUT2D eigenvalue weighted by molar-refractivity contribution is -0.124. The van der Waals surface area contributed by atoms with Crippen LogP contribution in [-0.4, -0.2) is 31.9 Å². The Morgan fingerprint density at radius 3 is 1.76 bits per heavy atom. The molecular formula is C31H37NO3S3. The molecule has 0 aliphatic rings. The third-order valence-electron chi connectivity index (χ3n) is 6.18. The minimum Gasteiger partial charge on any atom is -0.348 e. The predicted molar refractivity (Wildman–Crippen MR) is 163 cm³/mol. The number of amides is 1. The summed E-state index contributed by atoms with van der Waals surface area (Å²) in [5, 5.41) is 3.08. The Hall–Kier alpha value is -2.48. The number of sulfone groups is 1. The van der Waals surface area contributed by atoms with Crippen molar-refractivity contribution >= 4 is 39.3 Å². The van der Waals surface area contributed by atoms with Crippen LogP contribution >= 0.6 is 23.5 Å². The van der Waals surface area contributed by atoms with E-state index >= 15 is 0 Å². The van der Waals surface area contributed by atoms with E-state index in [0.29, 0.717) is 17.9 Å². The number of thioether (sulfide) groups is 2. The first-order valence-electron chi connectivity index (χ1n) is 12.9. The van der Waals surface area contributed by atoms with Crippen molar-refractivity contribution in [3.8, 4) is 0 Å². The molecule has 0 saturated heterocycles. The molecule has 0 heterocycles. The summed E-state index contributed by atoms with van der Waals surface area (Å²) in [5.41, 5.74) is 2.44. The second kappa shape index (κ2) is 15.8. The fourth-order valence-electron chi connectivity index (χ4n) is 3.94. The van der Waals surface area contributed by atoms with Crippen LogP contribution in [0.1, 0.15) is 37.3 Å². The monoisotopic (exact) mass is 567 g/mol. The zero-order valence-electron chi connectivity index (χ0n) is 21.9. The van der Waals surface area contributed by atoms with Gasteiger partial charge in [0.15, 0.2) is 0 Å². The number of hydrogen-bond donors (Lipinski definition) is 1. The molecule has 0 aliphatic carbocycles. The molecule has 0 spiro atoms. The highest BCUT2D eigenvalue weighted by Crippen LogP contribution is 2.25. The van der Waals surface area contributed by atoms with E-state index in [2.05, 4.69) is 43.1 Å². The minimum atomic E-state index is -3.77. The molecule has 0 bridgehead atoms. The number of carbonyl (C=O) groups is 1. The Morgan fingerprint density at radius 2 is 1.29 bits per heavy atom. The molecule has 0 aliphatic heterocycles. The van der Waals surface area contributed by atoms with Crippen molar-refractivity contribution < 1.29 is 13.2 Å². The highest BCUT2D eigenvalue weighted by Gasteiger charge is 2.29. The first-order chi connectivity index (χ1) is 18.4. The van der Waals surface area contributed by atoms with Gasteiger partial charge in [0.25, 0.3) is 0 Å². The summed E-state index contributed by atoms with van der Waals surface area (Å²) in [6.45, 7) is 6.01. The number of benzene rings is 3. The lowest BCUT2D eigenvalue weighted by Gasteiger charge is -2.24. The number of carbonyl (C=O) groups excluding carboxylic acids is 1. The van der Waals surface area contributed by atoms with Crippen molar-refractivity contribution in [2.75, 3.05) is 11.5 Å². The molecule has 38 heavy (non-hydrogen) atoms. The molecule has 3 rings (SSSR count). The fourth-order valence-corrected chi connectivity index (χ4v) is 7.65. The van der Waals surface area contributed by atoms with Gasteiger partial charge in [0, 0.05) is 23.0 Å². The summed E-state index contributed by atoms with van der Waals surface area (Å²) >= 11 is 3.46. The molecule has 4 nitrogen and oxygen atoms in total. The summed E-state index contributed by atoms with van der Waals surface area (Å²) in [5.74, 6) is 2.58. The van der Waals surface area contributed by atoms with Gasteiger partial charge in [0.1, 0.15) is 0 Å². The van der Waals surface area contributed by atoms with Crippen molar-refractivity contribution in [3.05, 3.63) is 114 Å². The molecule has 0 unspecified atom stereocenters. The fraction of sp³-hybridized carbons (Fsp3) is 0.323. The SMILES string of the molecule is C=C([C@H](CCCC)NC(=O)C(CSCc1ccccc1)CSCc1ccccc1)S(=O)(=O)c1ccccc1. The van der Waals surface area contributed by atoms with Gasteiger partial charge in [-0.2, -0.15) is 23.5 Å². The van der Waals surface area contributed by atoms with E-state index in [4.69, 9.17) is 0 Å². The highest BCUT2D eigenvalue weighted by molar-refractivity contribution is 7.99. The van der Waals surface area contributed by atoms with E-state index in [-0.39, 0.29) is 21.6 Å². The van der Waals surface area contributed by atoms with E-state index in [0.717, 1.165) is 24.3 Å². The van der Waals surface area contributed by atoms with E-state index < -0.39 is 15.9 Å². The van der Waals surface area contributed by atoms with Crippen LogP contribution in [0.4, 0.5) is 0 Å². The molecule has 0 aromatic heterocycles. The number of hydrogen-bond acceptors (Lipinski definition) is 5. The Balaban J connectivity index is 1.71. The molecule has 0 saturated carbocycles. The van der Waals surface area contributed by atoms with Crippen LogP contribution in [0.15, 0.2) is 107 Å². The summed E-state index contributed by atoms with van der Waals surface area (Å²) in [6.07, 6.45) is 2.23. The van der Waals surface area contributed by atoms with Gasteiger partial charge in [-0.15, -0.1) is 0 Å². The lowest BCUT2D eigenvalue weighted by atomic mass is 10.1. The van der Waals surface area contributed by atoms with E-state index in [9.17, 15) is 13.2 Å². The average molecular weight is 568 g/mol. The zero-order valence-corrected chi connectivity index (χ0v) is 24.4. The largest absolute Gasteiger partial charge is 0.348 e. The smallest absolute Gasteiger partial charge is 0.225 e. The first kappa shape index (κ1) is 30.1. The molecule has 1 atom stereocenters. The Kier molecular flexibility index (Phi) is 12.5. The van der Waals surface area contributed by atoms with Gasteiger partial charge >= 0.3 is 0 Å².